The topological polar surface area (TPSA) is 37.3 Å². The van der Waals surface area contributed by atoms with E-state index in [0.717, 1.165) is 0 Å². The van der Waals surface area contributed by atoms with Crippen molar-refractivity contribution in [2.24, 2.45) is 11.3 Å². The van der Waals surface area contributed by atoms with E-state index in [-0.39, 0.29) is 0 Å². The van der Waals surface area contributed by atoms with Crippen LogP contribution in [0, 0.1) is 11.3 Å². The summed E-state index contributed by atoms with van der Waals surface area (Å²) in [6.45, 7) is 2.80. The quantitative estimate of drug-likeness (QED) is 0.617. The Morgan fingerprint density at radius 2 is 1.50 bits per heavy atom. The summed E-state index contributed by atoms with van der Waals surface area (Å²) in [5.74, 6) is -4.90. The van der Waals surface area contributed by atoms with Crippen LogP contribution >= 0.6 is 0 Å². The molecular weight excluding hydrogens is 242 g/mol. The van der Waals surface area contributed by atoms with E-state index in [1.54, 1.807) is 0 Å². The molecule has 0 fully saturated rings. The Labute approximate surface area is 86.6 Å². The molecule has 0 aliphatic rings. The second-order valence-corrected chi connectivity index (χ2v) is 3.13. The molecule has 16 heavy (non-hydrogen) atoms. The summed E-state index contributed by atoms with van der Waals surface area (Å²) in [4.78, 5) is 10.4. The van der Waals surface area contributed by atoms with Crippen molar-refractivity contribution in [3.63, 3.8) is 0 Å². The summed E-state index contributed by atoms with van der Waals surface area (Å²) in [5, 5.41) is 8.33. The van der Waals surface area contributed by atoms with Crippen molar-refractivity contribution in [2.75, 3.05) is 0 Å². The van der Waals surface area contributed by atoms with Crippen molar-refractivity contribution in [3.8, 4) is 0 Å². The van der Waals surface area contributed by atoms with Crippen molar-refractivity contribution < 1.29 is 36.2 Å². The average Bonchev–Trinajstić information content (AvgIpc) is 2.00. The molecule has 0 radical (unpaired) electrons. The number of carbonyl (C=O) groups is 1. The lowest BCUT2D eigenvalue weighted by Crippen LogP contribution is -2.54. The molecule has 0 aromatic heterocycles. The lowest BCUT2D eigenvalue weighted by Gasteiger charge is -2.37. The highest BCUT2D eigenvalue weighted by molar-refractivity contribution is 5.71. The van der Waals surface area contributed by atoms with Crippen LogP contribution < -0.4 is 0 Å². The number of alkyl halides is 6. The number of aliphatic carboxylic acids is 1. The second kappa shape index (κ2) is 3.99. The molecule has 0 aliphatic heterocycles. The maximum Gasteiger partial charge on any atom is 0.407 e. The summed E-state index contributed by atoms with van der Waals surface area (Å²) >= 11 is 0. The molecule has 0 saturated carbocycles. The lowest BCUT2D eigenvalue weighted by atomic mass is 9.74. The van der Waals surface area contributed by atoms with Gasteiger partial charge in [0, 0.05) is 0 Å². The molecule has 1 N–H and O–H groups in total. The van der Waals surface area contributed by atoms with Crippen molar-refractivity contribution in [3.05, 3.63) is 12.7 Å². The van der Waals surface area contributed by atoms with Crippen molar-refractivity contribution >= 4 is 5.97 Å². The standard InChI is InChI=1S/C8H8F6O2/c1-3-6(7(9,10)11,8(12,13)14)4(2)5(15)16/h3-4H,1H2,2H3,(H,15,16). The molecule has 0 bridgehead atoms. The number of hydrogen-bond acceptors (Lipinski definition) is 1. The zero-order valence-corrected chi connectivity index (χ0v) is 7.99. The van der Waals surface area contributed by atoms with Gasteiger partial charge in [-0.3, -0.25) is 4.79 Å². The maximum atomic E-state index is 12.4. The lowest BCUT2D eigenvalue weighted by molar-refractivity contribution is -0.334. The molecule has 2 nitrogen and oxygen atoms in total. The first-order valence-electron chi connectivity index (χ1n) is 3.91. The predicted molar refractivity (Wildman–Crippen MR) is 41.5 cm³/mol. The van der Waals surface area contributed by atoms with Crippen LogP contribution in [0.2, 0.25) is 0 Å². The normalized spacial score (nSPS) is 15.7. The number of hydrogen-bond donors (Lipinski definition) is 1. The van der Waals surface area contributed by atoms with Crippen LogP contribution in [0.25, 0.3) is 0 Å². The van der Waals surface area contributed by atoms with Crippen LogP contribution in [0.15, 0.2) is 12.7 Å². The Morgan fingerprint density at radius 1 is 1.19 bits per heavy atom. The minimum Gasteiger partial charge on any atom is -0.481 e. The van der Waals surface area contributed by atoms with Crippen LogP contribution in [0.1, 0.15) is 6.92 Å². The summed E-state index contributed by atoms with van der Waals surface area (Å²) in [5.41, 5.74) is -4.44. The molecule has 8 heteroatoms. The zero-order chi connectivity index (χ0) is 13.4. The molecule has 0 rings (SSSR count). The van der Waals surface area contributed by atoms with Crippen LogP contribution in [-0.2, 0) is 4.79 Å². The fourth-order valence-electron chi connectivity index (χ4n) is 1.25. The van der Waals surface area contributed by atoms with Crippen molar-refractivity contribution in [1.82, 2.24) is 0 Å². The van der Waals surface area contributed by atoms with E-state index in [1.807, 2.05) is 0 Å². The molecule has 0 aliphatic carbocycles. The van der Waals surface area contributed by atoms with Crippen LogP contribution in [0.4, 0.5) is 26.3 Å². The Bertz CT molecular complexity index is 276. The predicted octanol–water partition coefficient (Wildman–Crippen LogP) is 3.00. The van der Waals surface area contributed by atoms with Gasteiger partial charge in [0.25, 0.3) is 0 Å². The Morgan fingerprint density at radius 3 is 1.56 bits per heavy atom. The number of rotatable bonds is 3. The Kier molecular flexibility index (Phi) is 3.68. The van der Waals surface area contributed by atoms with E-state index in [1.165, 1.54) is 0 Å². The van der Waals surface area contributed by atoms with Gasteiger partial charge < -0.3 is 5.11 Å². The highest BCUT2D eigenvalue weighted by Crippen LogP contribution is 2.55. The average molecular weight is 250 g/mol. The van der Waals surface area contributed by atoms with Gasteiger partial charge in [-0.1, -0.05) is 13.0 Å². The number of allylic oxidation sites excluding steroid dienone is 1. The van der Waals surface area contributed by atoms with Crippen LogP contribution in [0.5, 0.6) is 0 Å². The Hall–Kier alpha value is -1.21. The third-order valence-electron chi connectivity index (χ3n) is 2.31. The molecule has 0 heterocycles. The molecule has 0 saturated heterocycles. The van der Waals surface area contributed by atoms with E-state index >= 15 is 0 Å². The van der Waals surface area contributed by atoms with Gasteiger partial charge in [0.1, 0.15) is 0 Å². The first-order chi connectivity index (χ1) is 6.91. The second-order valence-electron chi connectivity index (χ2n) is 3.13. The van der Waals surface area contributed by atoms with Crippen molar-refractivity contribution in [1.29, 1.82) is 0 Å². The van der Waals surface area contributed by atoms with Gasteiger partial charge in [0.15, 0.2) is 5.41 Å². The van der Waals surface area contributed by atoms with Gasteiger partial charge in [-0.25, -0.2) is 0 Å². The summed E-state index contributed by atoms with van der Waals surface area (Å²) in [6, 6.07) is 0. The highest BCUT2D eigenvalue weighted by atomic mass is 19.4. The largest absolute Gasteiger partial charge is 0.481 e. The van der Waals surface area contributed by atoms with Gasteiger partial charge in [0.2, 0.25) is 0 Å². The first-order valence-corrected chi connectivity index (χ1v) is 3.91. The van der Waals surface area contributed by atoms with Crippen LogP contribution in [-0.4, -0.2) is 23.4 Å². The summed E-state index contributed by atoms with van der Waals surface area (Å²) in [7, 11) is 0. The molecule has 94 valence electrons. The minimum atomic E-state index is -5.77. The molecule has 0 aromatic carbocycles. The SMILES string of the molecule is C=CC(C(C)C(=O)O)(C(F)(F)F)C(F)(F)F. The monoisotopic (exact) mass is 250 g/mol. The van der Waals surface area contributed by atoms with Gasteiger partial charge in [-0.05, 0) is 0 Å². The number of halogens is 6. The van der Waals surface area contributed by atoms with E-state index in [4.69, 9.17) is 5.11 Å². The molecular formula is C8H8F6O2. The smallest absolute Gasteiger partial charge is 0.407 e. The van der Waals surface area contributed by atoms with E-state index in [0.29, 0.717) is 6.92 Å². The third kappa shape index (κ3) is 2.00. The maximum absolute atomic E-state index is 12.4. The van der Waals surface area contributed by atoms with Crippen molar-refractivity contribution in [2.45, 2.75) is 19.3 Å². The van der Waals surface area contributed by atoms with E-state index in [2.05, 4.69) is 6.58 Å². The van der Waals surface area contributed by atoms with Gasteiger partial charge in [0.05, 0.1) is 5.92 Å². The number of carboxylic acid groups (broad SMARTS) is 1. The fraction of sp³-hybridized carbons (Fsp3) is 0.625. The zero-order valence-electron chi connectivity index (χ0n) is 7.99. The third-order valence-corrected chi connectivity index (χ3v) is 2.31. The molecule has 0 aromatic rings. The molecule has 0 spiro atoms. The first kappa shape index (κ1) is 14.8. The molecule has 0 amide bonds. The van der Waals surface area contributed by atoms with Gasteiger partial charge in [-0.15, -0.1) is 6.58 Å². The Balaban J connectivity index is 5.87. The minimum absolute atomic E-state index is 0.338. The fourth-order valence-corrected chi connectivity index (χ4v) is 1.25. The van der Waals surface area contributed by atoms with Crippen LogP contribution in [0.3, 0.4) is 0 Å². The summed E-state index contributed by atoms with van der Waals surface area (Å²) < 4.78 is 74.6. The van der Waals surface area contributed by atoms with Gasteiger partial charge >= 0.3 is 18.3 Å². The summed E-state index contributed by atoms with van der Waals surface area (Å²) in [6.07, 6.45) is -12.0. The molecule has 1 atom stereocenters. The highest BCUT2D eigenvalue weighted by Gasteiger charge is 2.72. The van der Waals surface area contributed by atoms with E-state index < -0.39 is 35.7 Å². The molecule has 1 unspecified atom stereocenters. The van der Waals surface area contributed by atoms with Gasteiger partial charge in [-0.2, -0.15) is 26.3 Å². The van der Waals surface area contributed by atoms with E-state index in [9.17, 15) is 31.1 Å². The number of carboxylic acids is 1.